The van der Waals surface area contributed by atoms with E-state index in [2.05, 4.69) is 15.0 Å². The number of aryl methyl sites for hydroxylation is 1. The molecule has 0 aliphatic heterocycles. The van der Waals surface area contributed by atoms with Crippen LogP contribution < -0.4 is 10.1 Å². The fourth-order valence-electron chi connectivity index (χ4n) is 2.66. The second-order valence-electron chi connectivity index (χ2n) is 5.83. The first-order valence-corrected chi connectivity index (χ1v) is 8.29. The zero-order chi connectivity index (χ0) is 19.6. The van der Waals surface area contributed by atoms with Crippen molar-refractivity contribution < 1.29 is 22.7 Å². The Morgan fingerprint density at radius 1 is 1.30 bits per heavy atom. The molecule has 3 rings (SSSR count). The van der Waals surface area contributed by atoms with E-state index >= 15 is 0 Å². The molecule has 27 heavy (non-hydrogen) atoms. The van der Waals surface area contributed by atoms with E-state index in [0.29, 0.717) is 16.3 Å². The van der Waals surface area contributed by atoms with Crippen molar-refractivity contribution in [1.82, 2.24) is 14.9 Å². The lowest BCUT2D eigenvalue weighted by atomic mass is 10.2. The fraction of sp³-hybridized carbons (Fsp3) is 0.222. The quantitative estimate of drug-likeness (QED) is 0.705. The molecule has 0 bridgehead atoms. The first-order chi connectivity index (χ1) is 12.8. The van der Waals surface area contributed by atoms with Crippen molar-refractivity contribution in [2.24, 2.45) is 7.05 Å². The van der Waals surface area contributed by atoms with E-state index in [1.807, 2.05) is 24.3 Å². The lowest BCUT2D eigenvalue weighted by Gasteiger charge is -2.10. The molecule has 1 aromatic carbocycles. The molecule has 0 unspecified atom stereocenters. The van der Waals surface area contributed by atoms with Gasteiger partial charge >= 0.3 is 6.18 Å². The van der Waals surface area contributed by atoms with Gasteiger partial charge in [-0.3, -0.25) is 4.79 Å². The van der Waals surface area contributed by atoms with Crippen molar-refractivity contribution in [3.05, 3.63) is 58.9 Å². The number of hydrogen-bond acceptors (Lipinski definition) is 3. The van der Waals surface area contributed by atoms with Crippen LogP contribution in [0.25, 0.3) is 10.9 Å². The minimum Gasteiger partial charge on any atom is -0.468 e. The molecule has 0 fully saturated rings. The van der Waals surface area contributed by atoms with Gasteiger partial charge in [-0.25, -0.2) is 4.98 Å². The van der Waals surface area contributed by atoms with Gasteiger partial charge in [0, 0.05) is 36.8 Å². The third-order valence-corrected chi connectivity index (χ3v) is 4.28. The maximum absolute atomic E-state index is 12.6. The number of carbonyl (C=O) groups excluding carboxylic acids is 1. The van der Waals surface area contributed by atoms with Gasteiger partial charge < -0.3 is 14.6 Å². The standard InChI is InChI=1S/C18H15ClF3N3O2/c1-25-13-5-3-2-4-12(13)15(19)16(25)17(26)24-9-11-6-7-23-14(8-11)27-10-18(20,21)22/h2-8H,9-10H2,1H3,(H,24,26). The molecule has 0 saturated heterocycles. The molecule has 1 N–H and O–H groups in total. The predicted molar refractivity (Wildman–Crippen MR) is 94.9 cm³/mol. The number of halogens is 4. The molecule has 9 heteroatoms. The van der Waals surface area contributed by atoms with Gasteiger partial charge in [0.15, 0.2) is 6.61 Å². The molecule has 2 aromatic heterocycles. The summed E-state index contributed by atoms with van der Waals surface area (Å²) in [5, 5.41) is 3.81. The van der Waals surface area contributed by atoms with Gasteiger partial charge in [0.05, 0.1) is 5.02 Å². The fourth-order valence-corrected chi connectivity index (χ4v) is 3.03. The number of nitrogens with zero attached hydrogens (tertiary/aromatic N) is 2. The highest BCUT2D eigenvalue weighted by molar-refractivity contribution is 6.38. The van der Waals surface area contributed by atoms with Gasteiger partial charge in [0.2, 0.25) is 5.88 Å². The van der Waals surface area contributed by atoms with Crippen LogP contribution in [0, 0.1) is 0 Å². The summed E-state index contributed by atoms with van der Waals surface area (Å²) in [6, 6.07) is 10.3. The Kier molecular flexibility index (Phi) is 5.27. The van der Waals surface area contributed by atoms with Crippen LogP contribution in [0.3, 0.4) is 0 Å². The topological polar surface area (TPSA) is 56.2 Å². The third-order valence-electron chi connectivity index (χ3n) is 3.90. The van der Waals surface area contributed by atoms with Gasteiger partial charge in [-0.15, -0.1) is 0 Å². The molecular weight excluding hydrogens is 383 g/mol. The van der Waals surface area contributed by atoms with Crippen LogP contribution in [0.2, 0.25) is 5.02 Å². The number of pyridine rings is 1. The van der Waals surface area contributed by atoms with E-state index in [9.17, 15) is 18.0 Å². The van der Waals surface area contributed by atoms with E-state index in [0.717, 1.165) is 10.9 Å². The first kappa shape index (κ1) is 19.0. The summed E-state index contributed by atoms with van der Waals surface area (Å²) in [5.41, 5.74) is 1.67. The molecule has 0 aliphatic rings. The van der Waals surface area contributed by atoms with E-state index in [-0.39, 0.29) is 12.4 Å². The Labute approximate surface area is 157 Å². The van der Waals surface area contributed by atoms with E-state index in [1.165, 1.54) is 12.3 Å². The normalized spacial score (nSPS) is 11.6. The summed E-state index contributed by atoms with van der Waals surface area (Å²) in [6.07, 6.45) is -3.13. The zero-order valence-electron chi connectivity index (χ0n) is 14.2. The Balaban J connectivity index is 1.71. The summed E-state index contributed by atoms with van der Waals surface area (Å²) in [5.74, 6) is -0.560. The molecule has 0 atom stereocenters. The number of fused-ring (bicyclic) bond motifs is 1. The van der Waals surface area contributed by atoms with Gasteiger partial charge in [-0.1, -0.05) is 29.8 Å². The number of nitrogens with one attached hydrogen (secondary N) is 1. The maximum Gasteiger partial charge on any atom is 0.422 e. The number of rotatable bonds is 5. The van der Waals surface area contributed by atoms with Crippen LogP contribution in [0.4, 0.5) is 13.2 Å². The van der Waals surface area contributed by atoms with Crippen molar-refractivity contribution in [3.63, 3.8) is 0 Å². The van der Waals surface area contributed by atoms with Gasteiger partial charge in [-0.2, -0.15) is 13.2 Å². The molecule has 0 radical (unpaired) electrons. The summed E-state index contributed by atoms with van der Waals surface area (Å²) in [7, 11) is 1.73. The number of carbonyl (C=O) groups is 1. The Hall–Kier alpha value is -2.74. The molecule has 3 aromatic rings. The highest BCUT2D eigenvalue weighted by Crippen LogP contribution is 2.29. The van der Waals surface area contributed by atoms with Crippen LogP contribution in [-0.2, 0) is 13.6 Å². The summed E-state index contributed by atoms with van der Waals surface area (Å²) < 4.78 is 43.0. The van der Waals surface area contributed by atoms with Crippen molar-refractivity contribution in [2.45, 2.75) is 12.7 Å². The molecule has 0 saturated carbocycles. The first-order valence-electron chi connectivity index (χ1n) is 7.92. The third kappa shape index (κ3) is 4.33. The average molecular weight is 398 g/mol. The van der Waals surface area contributed by atoms with Crippen molar-refractivity contribution in [2.75, 3.05) is 6.61 Å². The lowest BCUT2D eigenvalue weighted by Crippen LogP contribution is -2.25. The number of aromatic nitrogens is 2. The van der Waals surface area contributed by atoms with Crippen molar-refractivity contribution >= 4 is 28.4 Å². The Morgan fingerprint density at radius 2 is 2.04 bits per heavy atom. The number of amides is 1. The number of alkyl halides is 3. The van der Waals surface area contributed by atoms with Crippen LogP contribution >= 0.6 is 11.6 Å². The largest absolute Gasteiger partial charge is 0.468 e. The molecule has 5 nitrogen and oxygen atoms in total. The van der Waals surface area contributed by atoms with Crippen LogP contribution in [0.15, 0.2) is 42.6 Å². The second kappa shape index (κ2) is 7.48. The molecule has 0 spiro atoms. The summed E-state index contributed by atoms with van der Waals surface area (Å²) >= 11 is 6.33. The second-order valence-corrected chi connectivity index (χ2v) is 6.21. The van der Waals surface area contributed by atoms with Crippen LogP contribution in [0.1, 0.15) is 16.1 Å². The van der Waals surface area contributed by atoms with Gasteiger partial charge in [0.25, 0.3) is 5.91 Å². The van der Waals surface area contributed by atoms with Crippen molar-refractivity contribution in [3.8, 4) is 5.88 Å². The van der Waals surface area contributed by atoms with E-state index in [4.69, 9.17) is 11.6 Å². The predicted octanol–water partition coefficient (Wildman–Crippen LogP) is 4.10. The van der Waals surface area contributed by atoms with Crippen LogP contribution in [-0.4, -0.2) is 28.2 Å². The van der Waals surface area contributed by atoms with Crippen molar-refractivity contribution in [1.29, 1.82) is 0 Å². The minimum atomic E-state index is -4.45. The zero-order valence-corrected chi connectivity index (χ0v) is 14.9. The monoisotopic (exact) mass is 397 g/mol. The molecule has 2 heterocycles. The summed E-state index contributed by atoms with van der Waals surface area (Å²) in [6.45, 7) is -1.34. The number of hydrogen-bond donors (Lipinski definition) is 1. The van der Waals surface area contributed by atoms with E-state index in [1.54, 1.807) is 17.7 Å². The van der Waals surface area contributed by atoms with Crippen LogP contribution in [0.5, 0.6) is 5.88 Å². The van der Waals surface area contributed by atoms with E-state index < -0.39 is 18.7 Å². The lowest BCUT2D eigenvalue weighted by molar-refractivity contribution is -0.154. The Morgan fingerprint density at radius 3 is 2.74 bits per heavy atom. The molecular formula is C18H15ClF3N3O2. The number of ether oxygens (including phenoxy) is 1. The van der Waals surface area contributed by atoms with Gasteiger partial charge in [-0.05, 0) is 17.7 Å². The number of benzene rings is 1. The average Bonchev–Trinajstić information content (AvgIpc) is 2.89. The molecule has 0 aliphatic carbocycles. The number of para-hydroxylation sites is 1. The SMILES string of the molecule is Cn1c(C(=O)NCc2ccnc(OCC(F)(F)F)c2)c(Cl)c2ccccc21. The highest BCUT2D eigenvalue weighted by atomic mass is 35.5. The van der Waals surface area contributed by atoms with Gasteiger partial charge in [0.1, 0.15) is 5.69 Å². The minimum absolute atomic E-state index is 0.0849. The molecule has 142 valence electrons. The summed E-state index contributed by atoms with van der Waals surface area (Å²) in [4.78, 5) is 16.3. The smallest absolute Gasteiger partial charge is 0.422 e. The highest BCUT2D eigenvalue weighted by Gasteiger charge is 2.28. The maximum atomic E-state index is 12.6. The molecule has 1 amide bonds. The Bertz CT molecular complexity index is 947.